The summed E-state index contributed by atoms with van der Waals surface area (Å²) in [6.07, 6.45) is 0. The van der Waals surface area contributed by atoms with Crippen LogP contribution in [-0.4, -0.2) is 11.7 Å². The van der Waals surface area contributed by atoms with Gasteiger partial charge in [-0.05, 0) is 72.8 Å². The third-order valence-electron chi connectivity index (χ3n) is 5.50. The molecule has 0 unspecified atom stereocenters. The fraction of sp³-hybridized carbons (Fsp3) is 0. The van der Waals surface area contributed by atoms with Crippen LogP contribution in [0.2, 0.25) is 10.0 Å². The van der Waals surface area contributed by atoms with E-state index in [1.807, 2.05) is 71.2 Å². The zero-order valence-electron chi connectivity index (χ0n) is 20.8. The van der Waals surface area contributed by atoms with Crippen molar-refractivity contribution in [2.45, 2.75) is 0 Å². The molecule has 0 aromatic heterocycles. The number of halogens is 3. The summed E-state index contributed by atoms with van der Waals surface area (Å²) in [5.74, 6) is 0.460. The Hall–Kier alpha value is -4.22. The Kier molecular flexibility index (Phi) is 9.41. The third-order valence-corrected chi connectivity index (χ3v) is 6.24. The highest BCUT2D eigenvalue weighted by Gasteiger charge is 2.32. The van der Waals surface area contributed by atoms with E-state index in [1.54, 1.807) is 41.5 Å². The monoisotopic (exact) mass is 612 g/mol. The van der Waals surface area contributed by atoms with Crippen LogP contribution < -0.4 is 39.6 Å². The molecule has 5 rings (SSSR count). The number of benzene rings is 4. The highest BCUT2D eigenvalue weighted by atomic mass is 35.7. The first-order valence-electron chi connectivity index (χ1n) is 11.6. The number of rotatable bonds is 5. The van der Waals surface area contributed by atoms with Crippen molar-refractivity contribution in [2.24, 2.45) is 5.10 Å². The van der Waals surface area contributed by atoms with Crippen molar-refractivity contribution >= 4 is 52.0 Å². The molecule has 0 bridgehead atoms. The lowest BCUT2D eigenvalue weighted by molar-refractivity contribution is -2.00. The van der Waals surface area contributed by atoms with Gasteiger partial charge >= 0.3 is 0 Å². The second-order valence-corrected chi connectivity index (χ2v) is 9.85. The fourth-order valence-corrected chi connectivity index (χ4v) is 3.99. The molecule has 1 aliphatic rings. The van der Waals surface area contributed by atoms with Crippen molar-refractivity contribution in [3.8, 4) is 6.07 Å². The van der Waals surface area contributed by atoms with E-state index in [1.165, 1.54) is 0 Å². The summed E-state index contributed by atoms with van der Waals surface area (Å²) in [4.78, 5) is 12.7. The largest absolute Gasteiger partial charge is 0.322 e. The maximum atomic E-state index is 12.7. The van der Waals surface area contributed by atoms with Gasteiger partial charge in [-0.1, -0.05) is 52.6 Å². The maximum Gasteiger partial charge on any atom is 0.277 e. The van der Waals surface area contributed by atoms with Crippen molar-refractivity contribution in [3.63, 3.8) is 0 Å². The molecule has 0 aliphatic carbocycles. The van der Waals surface area contributed by atoms with Crippen molar-refractivity contribution < 1.29 is 39.1 Å². The highest BCUT2D eigenvalue weighted by Crippen LogP contribution is 2.27. The van der Waals surface area contributed by atoms with Crippen LogP contribution >= 0.6 is 23.2 Å². The van der Waals surface area contributed by atoms with Gasteiger partial charge in [0.1, 0.15) is 5.69 Å². The Morgan fingerprint density at radius 1 is 0.854 bits per heavy atom. The molecule has 11 nitrogen and oxygen atoms in total. The van der Waals surface area contributed by atoms with Crippen molar-refractivity contribution in [1.82, 2.24) is 0 Å². The number of hydrogen-bond donors (Lipinski definition) is 2. The molecule has 14 heteroatoms. The number of nitrogens with zero attached hydrogens (tertiary/aromatic N) is 4. The SMILES string of the molecule is N#Cc1ccc(N2[NH2+]C(c3ccc(Cl)c(Cl)c3)=NN2c2cccc(NC(=O)c3ccccc3)c2)cc1.[O-][Cl+3]([O-])([O-])[O-]. The average Bonchev–Trinajstić information content (AvgIpc) is 3.40. The van der Waals surface area contributed by atoms with Gasteiger partial charge in [0.25, 0.3) is 11.7 Å². The third kappa shape index (κ3) is 8.15. The van der Waals surface area contributed by atoms with Gasteiger partial charge in [0.2, 0.25) is 0 Å². The molecule has 1 heterocycles. The Bertz CT molecular complexity index is 1600. The van der Waals surface area contributed by atoms with Crippen LogP contribution in [0.25, 0.3) is 0 Å². The molecule has 0 atom stereocenters. The number of nitrogens with one attached hydrogen (secondary N) is 1. The Morgan fingerprint density at radius 3 is 2.17 bits per heavy atom. The smallest absolute Gasteiger partial charge is 0.277 e. The minimum absolute atomic E-state index is 0.204. The van der Waals surface area contributed by atoms with Gasteiger partial charge in [-0.15, -0.1) is 20.5 Å². The van der Waals surface area contributed by atoms with Gasteiger partial charge in [-0.2, -0.15) is 10.7 Å². The number of hydrazone groups is 1. The van der Waals surface area contributed by atoms with Crippen LogP contribution in [0.3, 0.4) is 0 Å². The summed E-state index contributed by atoms with van der Waals surface area (Å²) in [6, 6.07) is 31.1. The van der Waals surface area contributed by atoms with Crippen molar-refractivity contribution in [1.29, 1.82) is 5.26 Å². The van der Waals surface area contributed by atoms with Crippen LogP contribution in [0.15, 0.2) is 102 Å². The second-order valence-electron chi connectivity index (χ2n) is 8.28. The summed E-state index contributed by atoms with van der Waals surface area (Å²) < 4.78 is 34.0. The number of anilines is 3. The molecule has 1 aliphatic heterocycles. The van der Waals surface area contributed by atoms with E-state index < -0.39 is 10.2 Å². The molecule has 0 saturated carbocycles. The lowest BCUT2D eigenvalue weighted by Crippen LogP contribution is -2.96. The summed E-state index contributed by atoms with van der Waals surface area (Å²) in [7, 11) is -4.94. The minimum atomic E-state index is -4.94. The number of amidine groups is 1. The lowest BCUT2D eigenvalue weighted by Gasteiger charge is -2.24. The van der Waals surface area contributed by atoms with E-state index in [-0.39, 0.29) is 5.91 Å². The molecule has 3 N–H and O–H groups in total. The molecular weight excluding hydrogens is 595 g/mol. The lowest BCUT2D eigenvalue weighted by atomic mass is 10.2. The quantitative estimate of drug-likeness (QED) is 0.304. The van der Waals surface area contributed by atoms with Gasteiger partial charge in [0.05, 0.1) is 32.9 Å². The number of amides is 1. The minimum Gasteiger partial charge on any atom is -0.322 e. The molecule has 4 aromatic carbocycles. The number of nitrogens with two attached hydrogens (primary N) is 1. The molecule has 0 fully saturated rings. The Balaban J connectivity index is 0.000000714. The number of hydrazine groups is 1. The van der Waals surface area contributed by atoms with Crippen LogP contribution in [0.5, 0.6) is 0 Å². The van der Waals surface area contributed by atoms with Gasteiger partial charge in [-0.3, -0.25) is 4.79 Å². The number of carbonyl (C=O) groups excluding carboxylic acids is 1. The van der Waals surface area contributed by atoms with E-state index in [2.05, 4.69) is 11.4 Å². The topological polar surface area (TPSA) is 181 Å². The van der Waals surface area contributed by atoms with Gasteiger partial charge in [-0.25, -0.2) is 18.6 Å². The highest BCUT2D eigenvalue weighted by molar-refractivity contribution is 6.42. The predicted octanol–water partition coefficient (Wildman–Crippen LogP) is 0.443. The zero-order chi connectivity index (χ0) is 29.6. The molecule has 0 saturated heterocycles. The maximum absolute atomic E-state index is 12.7. The number of carbonyl (C=O) groups is 1. The van der Waals surface area contributed by atoms with Crippen molar-refractivity contribution in [3.05, 3.63) is 124 Å². The molecule has 4 aromatic rings. The van der Waals surface area contributed by atoms with E-state index in [0.29, 0.717) is 32.7 Å². The molecule has 1 amide bonds. The van der Waals surface area contributed by atoms with Gasteiger partial charge in [0, 0.05) is 11.3 Å². The average molecular weight is 614 g/mol. The fourth-order valence-electron chi connectivity index (χ4n) is 3.69. The first-order valence-corrected chi connectivity index (χ1v) is 13.6. The summed E-state index contributed by atoms with van der Waals surface area (Å²) >= 11 is 12.4. The number of hydrogen-bond acceptors (Lipinski definition) is 9. The number of quaternary nitrogens is 1. The van der Waals surface area contributed by atoms with Crippen LogP contribution in [0.4, 0.5) is 17.1 Å². The first kappa shape index (κ1) is 29.8. The van der Waals surface area contributed by atoms with Gasteiger partial charge < -0.3 is 5.32 Å². The summed E-state index contributed by atoms with van der Waals surface area (Å²) in [5.41, 5.74) is 5.93. The number of nitriles is 1. The summed E-state index contributed by atoms with van der Waals surface area (Å²) in [5, 5.41) is 21.4. The van der Waals surface area contributed by atoms with Crippen LogP contribution in [0.1, 0.15) is 21.5 Å². The second kappa shape index (κ2) is 13.0. The zero-order valence-corrected chi connectivity index (χ0v) is 23.0. The Morgan fingerprint density at radius 2 is 1.54 bits per heavy atom. The van der Waals surface area contributed by atoms with Crippen LogP contribution in [0, 0.1) is 21.6 Å². The first-order chi connectivity index (χ1) is 19.5. The summed E-state index contributed by atoms with van der Waals surface area (Å²) in [6.45, 7) is 0. The Labute approximate surface area is 246 Å². The molecule has 0 spiro atoms. The van der Waals surface area contributed by atoms with Gasteiger partial charge in [0.15, 0.2) is 0 Å². The van der Waals surface area contributed by atoms with E-state index >= 15 is 0 Å². The van der Waals surface area contributed by atoms with Crippen LogP contribution in [-0.2, 0) is 0 Å². The molecule has 41 heavy (non-hydrogen) atoms. The molecule has 208 valence electrons. The van der Waals surface area contributed by atoms with E-state index in [9.17, 15) is 10.1 Å². The standard InChI is InChI=1S/C27H18Cl2N6O.ClHO4/c28-24-14-11-20(15-25(24)29)26-32-34(22-12-9-18(17-30)10-13-22)35(33-26)23-8-4-7-21(16-23)31-27(36)19-5-2-1-3-6-19;2-1(3,4)5/h1-16H,(H,31,36)(H,32,33);(H,2,3,4,5). The normalized spacial score (nSPS) is 12.7. The van der Waals surface area contributed by atoms with Crippen molar-refractivity contribution in [2.75, 3.05) is 15.6 Å². The predicted molar refractivity (Wildman–Crippen MR) is 142 cm³/mol. The molecule has 0 radical (unpaired) electrons. The van der Waals surface area contributed by atoms with E-state index in [0.717, 1.165) is 16.9 Å². The van der Waals surface area contributed by atoms with E-state index in [4.69, 9.17) is 46.9 Å². The molecular formula is C27H19Cl3N6O5.